The van der Waals surface area contributed by atoms with E-state index in [-0.39, 0.29) is 24.7 Å². The van der Waals surface area contributed by atoms with Gasteiger partial charge >= 0.3 is 6.18 Å². The first-order chi connectivity index (χ1) is 21.5. The van der Waals surface area contributed by atoms with Crippen molar-refractivity contribution < 1.29 is 22.4 Å². The molecule has 0 radical (unpaired) electrons. The molecule has 1 fully saturated rings. The molecule has 1 aliphatic carbocycles. The van der Waals surface area contributed by atoms with E-state index in [9.17, 15) is 18.0 Å². The van der Waals surface area contributed by atoms with Gasteiger partial charge < -0.3 is 21.7 Å². The molecule has 240 valence electrons. The van der Waals surface area contributed by atoms with Crippen LogP contribution in [-0.2, 0) is 16.8 Å². The van der Waals surface area contributed by atoms with Crippen LogP contribution in [0.25, 0.3) is 0 Å². The van der Waals surface area contributed by atoms with E-state index in [1.54, 1.807) is 55.7 Å². The van der Waals surface area contributed by atoms with E-state index in [1.165, 1.54) is 18.9 Å². The second kappa shape index (κ2) is 14.8. The van der Waals surface area contributed by atoms with Gasteiger partial charge in [-0.05, 0) is 98.3 Å². The fraction of sp³-hybridized carbons (Fsp3) is 0.371. The maximum Gasteiger partial charge on any atom is 0.416 e. The minimum Gasteiger partial charge on any atom is -0.351 e. The van der Waals surface area contributed by atoms with Gasteiger partial charge in [0.15, 0.2) is 0 Å². The maximum atomic E-state index is 15.4. The van der Waals surface area contributed by atoms with Crippen molar-refractivity contribution in [2.75, 3.05) is 17.7 Å². The van der Waals surface area contributed by atoms with Crippen molar-refractivity contribution >= 4 is 17.3 Å². The number of carbonyl (C=O) groups excluding carboxylic acids is 1. The Bertz CT molecular complexity index is 1520. The summed E-state index contributed by atoms with van der Waals surface area (Å²) in [7, 11) is 1.87. The number of pyridine rings is 1. The first-order valence-corrected chi connectivity index (χ1v) is 15.3. The molecule has 1 saturated carbocycles. The molecular weight excluding hydrogens is 582 g/mol. The zero-order valence-corrected chi connectivity index (χ0v) is 25.8. The van der Waals surface area contributed by atoms with Crippen LogP contribution < -0.4 is 21.7 Å². The number of nitrogens with one attached hydrogen (secondary N) is 3. The van der Waals surface area contributed by atoms with Gasteiger partial charge in [0.2, 0.25) is 0 Å². The molecule has 45 heavy (non-hydrogen) atoms. The molecule has 2 unspecified atom stereocenters. The summed E-state index contributed by atoms with van der Waals surface area (Å²) < 4.78 is 57.1. The van der Waals surface area contributed by atoms with Crippen LogP contribution in [0, 0.1) is 11.7 Å². The molecule has 0 aliphatic heterocycles. The summed E-state index contributed by atoms with van der Waals surface area (Å²) in [6.45, 7) is 3.84. The Morgan fingerprint density at radius 3 is 2.42 bits per heavy atom. The molecular formula is C35H41F4N5O. The molecule has 1 aromatic heterocycles. The van der Waals surface area contributed by atoms with E-state index >= 15 is 4.39 Å². The summed E-state index contributed by atoms with van der Waals surface area (Å²) in [4.78, 5) is 17.9. The van der Waals surface area contributed by atoms with E-state index in [2.05, 4.69) is 27.9 Å². The molecule has 1 heterocycles. The van der Waals surface area contributed by atoms with E-state index in [0.29, 0.717) is 11.6 Å². The van der Waals surface area contributed by atoms with Gasteiger partial charge in [-0.2, -0.15) is 13.2 Å². The molecule has 0 spiro atoms. The number of nitrogens with zero attached hydrogens (tertiary/aromatic N) is 1. The number of aromatic nitrogens is 1. The lowest BCUT2D eigenvalue weighted by atomic mass is 9.66. The van der Waals surface area contributed by atoms with Gasteiger partial charge in [0.05, 0.1) is 11.3 Å². The highest BCUT2D eigenvalue weighted by atomic mass is 19.4. The number of halogens is 4. The third kappa shape index (κ3) is 8.38. The van der Waals surface area contributed by atoms with Gasteiger partial charge in [0, 0.05) is 36.1 Å². The zero-order chi connectivity index (χ0) is 32.6. The molecule has 1 amide bonds. The molecule has 3 aromatic rings. The molecule has 10 heteroatoms. The molecule has 4 rings (SSSR count). The minimum atomic E-state index is -4.71. The number of allylic oxidation sites excluding steroid dienone is 3. The molecule has 0 saturated heterocycles. The van der Waals surface area contributed by atoms with E-state index < -0.39 is 34.6 Å². The second-order valence-corrected chi connectivity index (χ2v) is 11.5. The van der Waals surface area contributed by atoms with Crippen LogP contribution >= 0.6 is 0 Å². The lowest BCUT2D eigenvalue weighted by molar-refractivity contribution is -0.112. The third-order valence-corrected chi connectivity index (χ3v) is 8.48. The average Bonchev–Trinajstić information content (AvgIpc) is 3.86. The Morgan fingerprint density at radius 2 is 1.80 bits per heavy atom. The number of rotatable bonds is 14. The predicted octanol–water partition coefficient (Wildman–Crippen LogP) is 7.60. The minimum absolute atomic E-state index is 0.0897. The number of nitrogens with two attached hydrogens (primary N) is 1. The highest BCUT2D eigenvalue weighted by molar-refractivity contribution is 6.06. The van der Waals surface area contributed by atoms with Crippen molar-refractivity contribution in [3.05, 3.63) is 113 Å². The summed E-state index contributed by atoms with van der Waals surface area (Å²) in [5.41, 5.74) is 6.46. The van der Waals surface area contributed by atoms with Crippen molar-refractivity contribution in [1.29, 1.82) is 0 Å². The highest BCUT2D eigenvalue weighted by Gasteiger charge is 2.41. The highest BCUT2D eigenvalue weighted by Crippen LogP contribution is 2.45. The predicted molar refractivity (Wildman–Crippen MR) is 171 cm³/mol. The number of hydrogen-bond acceptors (Lipinski definition) is 5. The van der Waals surface area contributed by atoms with Crippen molar-refractivity contribution in [1.82, 2.24) is 10.3 Å². The Labute approximate surface area is 262 Å². The van der Waals surface area contributed by atoms with Crippen LogP contribution in [0.3, 0.4) is 0 Å². The molecule has 5 N–H and O–H groups in total. The van der Waals surface area contributed by atoms with Crippen LogP contribution in [0.4, 0.5) is 28.9 Å². The number of hydrogen-bond donors (Lipinski definition) is 4. The number of alkyl halides is 3. The summed E-state index contributed by atoms with van der Waals surface area (Å²) in [6, 6.07) is 15.1. The quantitative estimate of drug-likeness (QED) is 0.0844. The van der Waals surface area contributed by atoms with Gasteiger partial charge in [0.25, 0.3) is 5.91 Å². The summed E-state index contributed by atoms with van der Waals surface area (Å²) in [5.74, 6) is -1.00. The van der Waals surface area contributed by atoms with Gasteiger partial charge in [-0.3, -0.25) is 9.78 Å². The largest absolute Gasteiger partial charge is 0.416 e. The number of benzene rings is 2. The summed E-state index contributed by atoms with van der Waals surface area (Å²) in [6.07, 6.45) is 4.66. The molecule has 0 bridgehead atoms. The topological polar surface area (TPSA) is 92.1 Å². The van der Waals surface area contributed by atoms with Crippen molar-refractivity contribution in [2.24, 2.45) is 11.7 Å². The third-order valence-electron chi connectivity index (χ3n) is 8.48. The number of carbonyl (C=O) groups is 1. The van der Waals surface area contributed by atoms with E-state index in [4.69, 9.17) is 5.73 Å². The number of likely N-dealkylation sites (N-methyl/N-ethyl adjacent to an activating group) is 1. The Morgan fingerprint density at radius 1 is 1.07 bits per heavy atom. The van der Waals surface area contributed by atoms with Crippen molar-refractivity contribution in [3.63, 3.8) is 0 Å². The molecule has 1 aliphatic rings. The van der Waals surface area contributed by atoms with Gasteiger partial charge in [0.1, 0.15) is 11.5 Å². The normalized spacial score (nSPS) is 16.2. The smallest absolute Gasteiger partial charge is 0.351 e. The Balaban J connectivity index is 1.77. The van der Waals surface area contributed by atoms with Gasteiger partial charge in [-0.25, -0.2) is 4.39 Å². The zero-order valence-electron chi connectivity index (χ0n) is 25.8. The van der Waals surface area contributed by atoms with Crippen LogP contribution in [0.15, 0.2) is 90.4 Å². The van der Waals surface area contributed by atoms with Crippen LogP contribution in [0.5, 0.6) is 0 Å². The SMILES string of the molecule is CC/C=C(/C=C(\Nc1cccc(CN)c1)C(=O)Nc1cc(C(CCC2CC2)(c2ccncc2)C(C)NC)ccc1F)C(F)(F)F. The fourth-order valence-electron chi connectivity index (χ4n) is 5.72. The van der Waals surface area contributed by atoms with Crippen molar-refractivity contribution in [2.45, 2.75) is 70.1 Å². The van der Waals surface area contributed by atoms with Gasteiger partial charge in [-0.15, -0.1) is 0 Å². The fourth-order valence-corrected chi connectivity index (χ4v) is 5.72. The summed E-state index contributed by atoms with van der Waals surface area (Å²) >= 11 is 0. The molecule has 6 nitrogen and oxygen atoms in total. The average molecular weight is 624 g/mol. The molecule has 2 atom stereocenters. The van der Waals surface area contributed by atoms with Crippen LogP contribution in [0.2, 0.25) is 0 Å². The monoisotopic (exact) mass is 623 g/mol. The first-order valence-electron chi connectivity index (χ1n) is 15.3. The van der Waals surface area contributed by atoms with Crippen molar-refractivity contribution in [3.8, 4) is 0 Å². The number of anilines is 2. The lowest BCUT2D eigenvalue weighted by Crippen LogP contribution is -2.46. The lowest BCUT2D eigenvalue weighted by Gasteiger charge is -2.41. The first kappa shape index (κ1) is 33.9. The molecule has 2 aromatic carbocycles. The summed E-state index contributed by atoms with van der Waals surface area (Å²) in [5, 5.41) is 8.75. The van der Waals surface area contributed by atoms with E-state index in [1.807, 2.05) is 19.2 Å². The Kier molecular flexibility index (Phi) is 11.2. The Hall–Kier alpha value is -4.02. The second-order valence-electron chi connectivity index (χ2n) is 11.5. The van der Waals surface area contributed by atoms with Crippen LogP contribution in [-0.4, -0.2) is 30.2 Å². The number of amides is 1. The maximum absolute atomic E-state index is 15.4. The van der Waals surface area contributed by atoms with Crippen LogP contribution in [0.1, 0.15) is 62.6 Å². The van der Waals surface area contributed by atoms with E-state index in [0.717, 1.165) is 41.7 Å². The van der Waals surface area contributed by atoms with Gasteiger partial charge in [-0.1, -0.05) is 44.0 Å². The standard InChI is InChI=1S/C35H41F4N5O/c1-4-6-28(35(37,38)39)21-32(43-29-8-5-7-25(19-29)22-40)33(45)44-31-20-27(11-12-30(31)36)34(23(2)41-3,16-13-24-9-10-24)26-14-17-42-18-15-26/h5-8,11-12,14-15,17-21,23-24,41,43H,4,9-10,13,16,22,40H2,1-3H3,(H,44,45)/b28-6-,32-21-.